The minimum absolute atomic E-state index is 0.0815. The van der Waals surface area contributed by atoms with E-state index in [-0.39, 0.29) is 5.78 Å². The van der Waals surface area contributed by atoms with Gasteiger partial charge in [0.2, 0.25) is 0 Å². The minimum atomic E-state index is -0.0815. The van der Waals surface area contributed by atoms with E-state index in [1.165, 1.54) is 13.6 Å². The summed E-state index contributed by atoms with van der Waals surface area (Å²) in [5.74, 6) is 1.22. The number of methoxy groups -OCH3 is 1. The topological polar surface area (TPSA) is 35.5 Å². The van der Waals surface area contributed by atoms with Gasteiger partial charge in [0.15, 0.2) is 5.78 Å². The van der Waals surface area contributed by atoms with Crippen molar-refractivity contribution in [2.24, 2.45) is 0 Å². The summed E-state index contributed by atoms with van der Waals surface area (Å²) >= 11 is 0. The number of hydrogen-bond donors (Lipinski definition) is 0. The highest BCUT2D eigenvalue weighted by Crippen LogP contribution is 2.12. The highest BCUT2D eigenvalue weighted by molar-refractivity contribution is 6.25. The van der Waals surface area contributed by atoms with Crippen LogP contribution in [0.1, 0.15) is 17.3 Å². The second-order valence-corrected chi connectivity index (χ2v) is 3.20. The zero-order chi connectivity index (χ0) is 12.0. The monoisotopic (exact) mass is 217 g/mol. The summed E-state index contributed by atoms with van der Waals surface area (Å²) in [6.45, 7) is 3.50. The van der Waals surface area contributed by atoms with Crippen LogP contribution in [0.15, 0.2) is 36.1 Å². The fraction of sp³-hybridized carbons (Fsp3) is 0.250. The quantitative estimate of drug-likeness (QED) is 0.329. The Kier molecular flexibility index (Phi) is 4.64. The van der Waals surface area contributed by atoms with Crippen molar-refractivity contribution in [3.63, 3.8) is 0 Å². The lowest BCUT2D eigenvalue weighted by Gasteiger charge is -2.03. The third kappa shape index (κ3) is 3.46. The molecule has 1 radical (unpaired) electrons. The third-order valence-electron chi connectivity index (χ3n) is 2.01. The molecule has 1 aromatic carbocycles. The molecule has 0 amide bonds. The van der Waals surface area contributed by atoms with Crippen LogP contribution in [0.5, 0.6) is 5.75 Å². The molecular formula is C12H14BO3. The first-order valence-corrected chi connectivity index (χ1v) is 4.98. The van der Waals surface area contributed by atoms with E-state index in [2.05, 4.69) is 0 Å². The zero-order valence-corrected chi connectivity index (χ0v) is 9.69. The van der Waals surface area contributed by atoms with Crippen molar-refractivity contribution in [1.29, 1.82) is 0 Å². The molecule has 3 nitrogen and oxygen atoms in total. The molecule has 0 aliphatic carbocycles. The molecule has 0 aliphatic rings. The van der Waals surface area contributed by atoms with E-state index in [0.29, 0.717) is 11.3 Å². The van der Waals surface area contributed by atoms with Crippen molar-refractivity contribution in [3.05, 3.63) is 41.7 Å². The first-order chi connectivity index (χ1) is 7.67. The Morgan fingerprint density at radius 3 is 2.44 bits per heavy atom. The molecule has 4 heteroatoms. The van der Waals surface area contributed by atoms with Gasteiger partial charge in [-0.15, -0.1) is 0 Å². The van der Waals surface area contributed by atoms with Crippen molar-refractivity contribution < 1.29 is 14.2 Å². The Hall–Kier alpha value is -1.71. The Balaban J connectivity index is 2.76. The standard InChI is InChI=1S/C12H14BO3/c1-9(16-13-2)8-12(14)10-4-6-11(15-3)7-5-10/h4-8H,1-3H3/b9-8-. The molecule has 0 unspecified atom stereocenters. The van der Waals surface area contributed by atoms with Gasteiger partial charge in [-0.1, -0.05) is 6.82 Å². The molecule has 0 saturated carbocycles. The van der Waals surface area contributed by atoms with Crippen molar-refractivity contribution in [3.8, 4) is 5.75 Å². The molecule has 0 aliphatic heterocycles. The van der Waals surface area contributed by atoms with E-state index >= 15 is 0 Å². The first-order valence-electron chi connectivity index (χ1n) is 4.98. The molecule has 0 atom stereocenters. The van der Waals surface area contributed by atoms with Gasteiger partial charge in [-0.3, -0.25) is 4.79 Å². The lowest BCUT2D eigenvalue weighted by atomic mass is 10.1. The van der Waals surface area contributed by atoms with Crippen LogP contribution in [0.3, 0.4) is 0 Å². The van der Waals surface area contributed by atoms with E-state index in [9.17, 15) is 4.79 Å². The van der Waals surface area contributed by atoms with Gasteiger partial charge in [0, 0.05) is 11.6 Å². The maximum absolute atomic E-state index is 11.7. The highest BCUT2D eigenvalue weighted by Gasteiger charge is 2.03. The summed E-state index contributed by atoms with van der Waals surface area (Å²) in [6.07, 6.45) is 1.46. The number of carbonyl (C=O) groups excluding carboxylic acids is 1. The zero-order valence-electron chi connectivity index (χ0n) is 9.69. The summed E-state index contributed by atoms with van der Waals surface area (Å²) in [7, 11) is 3.12. The molecule has 0 bridgehead atoms. The molecule has 0 heterocycles. The molecule has 16 heavy (non-hydrogen) atoms. The van der Waals surface area contributed by atoms with Crippen LogP contribution in [0.4, 0.5) is 0 Å². The normalized spacial score (nSPS) is 10.8. The summed E-state index contributed by atoms with van der Waals surface area (Å²) in [5, 5.41) is 0. The van der Waals surface area contributed by atoms with Crippen LogP contribution >= 0.6 is 0 Å². The molecule has 1 rings (SSSR count). The Morgan fingerprint density at radius 2 is 1.94 bits per heavy atom. The largest absolute Gasteiger partial charge is 0.566 e. The van der Waals surface area contributed by atoms with Gasteiger partial charge in [0.1, 0.15) is 5.75 Å². The number of allylic oxidation sites excluding steroid dienone is 2. The number of ketones is 1. The van der Waals surface area contributed by atoms with E-state index < -0.39 is 0 Å². The number of hydrogen-bond acceptors (Lipinski definition) is 3. The van der Waals surface area contributed by atoms with Crippen molar-refractivity contribution in [2.45, 2.75) is 13.7 Å². The molecule has 0 spiro atoms. The predicted octanol–water partition coefficient (Wildman–Crippen LogP) is 2.47. The molecule has 1 aromatic rings. The second kappa shape index (κ2) is 6.00. The van der Waals surface area contributed by atoms with Crippen LogP contribution < -0.4 is 4.74 Å². The van der Waals surface area contributed by atoms with Crippen LogP contribution in [0.25, 0.3) is 0 Å². The molecule has 83 valence electrons. The summed E-state index contributed by atoms with van der Waals surface area (Å²) in [5.41, 5.74) is 0.611. The number of rotatable bonds is 5. The van der Waals surface area contributed by atoms with Crippen LogP contribution in [-0.4, -0.2) is 20.4 Å². The average molecular weight is 217 g/mol. The SMILES string of the molecule is C[B]O/C(C)=C\C(=O)c1ccc(OC)cc1. The number of ether oxygens (including phenoxy) is 1. The summed E-state index contributed by atoms with van der Waals surface area (Å²) < 4.78 is 10.1. The lowest BCUT2D eigenvalue weighted by molar-refractivity contribution is 0.104. The molecule has 0 N–H and O–H groups in total. The lowest BCUT2D eigenvalue weighted by Crippen LogP contribution is -1.98. The average Bonchev–Trinajstić information content (AvgIpc) is 2.29. The van der Waals surface area contributed by atoms with E-state index in [1.807, 2.05) is 0 Å². The van der Waals surface area contributed by atoms with Gasteiger partial charge in [0.25, 0.3) is 0 Å². The van der Waals surface area contributed by atoms with Gasteiger partial charge in [0.05, 0.1) is 12.9 Å². The smallest absolute Gasteiger partial charge is 0.366 e. The molecule has 0 fully saturated rings. The van der Waals surface area contributed by atoms with Gasteiger partial charge in [-0.25, -0.2) is 0 Å². The van der Waals surface area contributed by atoms with Gasteiger partial charge < -0.3 is 9.39 Å². The Bertz CT molecular complexity index is 382. The van der Waals surface area contributed by atoms with Gasteiger partial charge in [-0.2, -0.15) is 0 Å². The Morgan fingerprint density at radius 1 is 1.31 bits per heavy atom. The van der Waals surface area contributed by atoms with Crippen LogP contribution in [0, 0.1) is 0 Å². The number of carbonyl (C=O) groups is 1. The van der Waals surface area contributed by atoms with Crippen molar-refractivity contribution in [1.82, 2.24) is 0 Å². The molecule has 0 aromatic heterocycles. The third-order valence-corrected chi connectivity index (χ3v) is 2.01. The van der Waals surface area contributed by atoms with Gasteiger partial charge in [-0.05, 0) is 31.2 Å². The van der Waals surface area contributed by atoms with Crippen LogP contribution in [0.2, 0.25) is 6.82 Å². The Labute approximate surface area is 96.3 Å². The van der Waals surface area contributed by atoms with Crippen molar-refractivity contribution >= 4 is 13.3 Å². The predicted molar refractivity (Wildman–Crippen MR) is 63.8 cm³/mol. The van der Waals surface area contributed by atoms with E-state index in [0.717, 1.165) is 5.75 Å². The number of benzene rings is 1. The first kappa shape index (κ1) is 12.4. The molecule has 0 saturated heterocycles. The van der Waals surface area contributed by atoms with Gasteiger partial charge >= 0.3 is 7.48 Å². The van der Waals surface area contributed by atoms with E-state index in [4.69, 9.17) is 9.39 Å². The minimum Gasteiger partial charge on any atom is -0.566 e. The van der Waals surface area contributed by atoms with E-state index in [1.54, 1.807) is 45.1 Å². The van der Waals surface area contributed by atoms with Crippen molar-refractivity contribution in [2.75, 3.05) is 7.11 Å². The maximum Gasteiger partial charge on any atom is 0.366 e. The fourth-order valence-corrected chi connectivity index (χ4v) is 1.24. The summed E-state index contributed by atoms with van der Waals surface area (Å²) in [4.78, 5) is 11.7. The summed E-state index contributed by atoms with van der Waals surface area (Å²) in [6, 6.07) is 6.95. The second-order valence-electron chi connectivity index (χ2n) is 3.20. The molecular weight excluding hydrogens is 203 g/mol. The highest BCUT2D eigenvalue weighted by atomic mass is 16.5. The fourth-order valence-electron chi connectivity index (χ4n) is 1.24. The van der Waals surface area contributed by atoms with Crippen LogP contribution in [-0.2, 0) is 4.65 Å². The maximum atomic E-state index is 11.7.